The smallest absolute Gasteiger partial charge is 0.336 e. The molecule has 2 N–H and O–H groups in total. The predicted molar refractivity (Wildman–Crippen MR) is 57.3 cm³/mol. The van der Waals surface area contributed by atoms with Crippen molar-refractivity contribution in [3.8, 4) is 5.75 Å². The number of aromatic hydroxyl groups is 1. The summed E-state index contributed by atoms with van der Waals surface area (Å²) < 4.78 is 22.2. The summed E-state index contributed by atoms with van der Waals surface area (Å²) >= 11 is 0. The summed E-state index contributed by atoms with van der Waals surface area (Å²) in [5.41, 5.74) is -0.0884. The summed E-state index contributed by atoms with van der Waals surface area (Å²) in [4.78, 5) is 11.1. The molecule has 0 aliphatic rings. The third kappa shape index (κ3) is 1.52. The van der Waals surface area contributed by atoms with Crippen LogP contribution in [0.5, 0.6) is 5.75 Å². The van der Waals surface area contributed by atoms with Crippen molar-refractivity contribution in [2.45, 2.75) is 6.85 Å². The third-order valence-corrected chi connectivity index (χ3v) is 2.21. The molecule has 0 heterocycles. The zero-order valence-corrected chi connectivity index (χ0v) is 7.69. The van der Waals surface area contributed by atoms with Crippen molar-refractivity contribution in [3.05, 3.63) is 41.5 Å². The van der Waals surface area contributed by atoms with Gasteiger partial charge in [-0.1, -0.05) is 18.2 Å². The van der Waals surface area contributed by atoms with E-state index in [1.807, 2.05) is 0 Å². The van der Waals surface area contributed by atoms with Gasteiger partial charge in [-0.2, -0.15) is 0 Å². The number of aromatic carboxylic acids is 1. The number of rotatable bonds is 1. The van der Waals surface area contributed by atoms with Gasteiger partial charge in [-0.25, -0.2) is 4.79 Å². The molecule has 0 saturated carbocycles. The Morgan fingerprint density at radius 3 is 2.80 bits per heavy atom. The van der Waals surface area contributed by atoms with E-state index < -0.39 is 12.8 Å². The molecule has 0 radical (unpaired) electrons. The second-order valence-corrected chi connectivity index (χ2v) is 3.20. The van der Waals surface area contributed by atoms with E-state index in [4.69, 9.17) is 9.22 Å². The van der Waals surface area contributed by atoms with Gasteiger partial charge in [0.1, 0.15) is 5.75 Å². The molecule has 0 aliphatic heterocycles. The monoisotopic (exact) mass is 205 g/mol. The molecule has 0 aromatic heterocycles. The van der Waals surface area contributed by atoms with Crippen LogP contribution in [0.15, 0.2) is 30.3 Å². The molecule has 2 aromatic carbocycles. The number of hydrogen-bond donors (Lipinski definition) is 2. The van der Waals surface area contributed by atoms with E-state index in [2.05, 4.69) is 0 Å². The lowest BCUT2D eigenvalue weighted by Crippen LogP contribution is -1.97. The van der Waals surface area contributed by atoms with Crippen molar-refractivity contribution in [2.24, 2.45) is 0 Å². The molecule has 0 bridgehead atoms. The maximum absolute atomic E-state index is 11.1. The largest absolute Gasteiger partial charge is 0.508 e. The average Bonchev–Trinajstić information content (AvgIpc) is 2.25. The minimum absolute atomic E-state index is 0.0263. The number of fused-ring (bicyclic) bond motifs is 1. The minimum Gasteiger partial charge on any atom is -0.508 e. The van der Waals surface area contributed by atoms with Gasteiger partial charge >= 0.3 is 5.97 Å². The number of hydrogen-bond acceptors (Lipinski definition) is 2. The molecule has 0 saturated heterocycles. The average molecular weight is 205 g/mol. The summed E-state index contributed by atoms with van der Waals surface area (Å²) in [6.07, 6.45) is 0. The molecule has 2 rings (SSSR count). The van der Waals surface area contributed by atoms with Crippen LogP contribution in [-0.4, -0.2) is 16.2 Å². The maximum Gasteiger partial charge on any atom is 0.336 e. The molecule has 2 aromatic rings. The number of carboxylic acids is 1. The molecular formula is C12H10O3. The number of phenolic OH excluding ortho intramolecular Hbond substituents is 1. The van der Waals surface area contributed by atoms with Gasteiger partial charge in [0, 0.05) is 4.11 Å². The second kappa shape index (κ2) is 3.28. The first-order valence-corrected chi connectivity index (χ1v) is 4.30. The Hall–Kier alpha value is -2.03. The van der Waals surface area contributed by atoms with Gasteiger partial charge in [-0.05, 0) is 35.3 Å². The molecule has 0 amide bonds. The molecule has 0 aliphatic carbocycles. The van der Waals surface area contributed by atoms with E-state index in [0.29, 0.717) is 5.39 Å². The van der Waals surface area contributed by atoms with Crippen LogP contribution in [0.3, 0.4) is 0 Å². The molecule has 3 heteroatoms. The lowest BCUT2D eigenvalue weighted by Gasteiger charge is -2.06. The standard InChI is InChI=1S/C12H10O3/c1-7-3-2-4-9-10(7)5-8(13)6-11(9)12(14)15/h2-6,13H,1H3,(H,14,15)/i1D3. The summed E-state index contributed by atoms with van der Waals surface area (Å²) in [7, 11) is 0. The van der Waals surface area contributed by atoms with E-state index in [0.717, 1.165) is 6.07 Å². The predicted octanol–water partition coefficient (Wildman–Crippen LogP) is 2.55. The van der Waals surface area contributed by atoms with Gasteiger partial charge in [0.2, 0.25) is 0 Å². The second-order valence-electron chi connectivity index (χ2n) is 3.20. The molecule has 0 atom stereocenters. The van der Waals surface area contributed by atoms with Crippen molar-refractivity contribution in [1.82, 2.24) is 0 Å². The molecule has 76 valence electrons. The summed E-state index contributed by atoms with van der Waals surface area (Å²) in [6.45, 7) is -2.36. The van der Waals surface area contributed by atoms with Gasteiger partial charge in [-0.3, -0.25) is 0 Å². The Morgan fingerprint density at radius 1 is 1.33 bits per heavy atom. The fraction of sp³-hybridized carbons (Fsp3) is 0.0833. The minimum atomic E-state index is -2.36. The Kier molecular flexibility index (Phi) is 1.41. The molecule has 3 nitrogen and oxygen atoms in total. The Bertz CT molecular complexity index is 632. The first kappa shape index (κ1) is 6.45. The quantitative estimate of drug-likeness (QED) is 0.752. The van der Waals surface area contributed by atoms with Crippen molar-refractivity contribution < 1.29 is 19.1 Å². The van der Waals surface area contributed by atoms with Gasteiger partial charge in [0.15, 0.2) is 0 Å². The van der Waals surface area contributed by atoms with Gasteiger partial charge < -0.3 is 10.2 Å². The van der Waals surface area contributed by atoms with Gasteiger partial charge in [-0.15, -0.1) is 0 Å². The van der Waals surface area contributed by atoms with E-state index in [-0.39, 0.29) is 22.3 Å². The Balaban J connectivity index is 2.90. The van der Waals surface area contributed by atoms with Crippen LogP contribution in [0.4, 0.5) is 0 Å². The molecule has 15 heavy (non-hydrogen) atoms. The first-order chi connectivity index (χ1) is 8.30. The van der Waals surface area contributed by atoms with Crippen molar-refractivity contribution in [1.29, 1.82) is 0 Å². The SMILES string of the molecule is [2H]C([2H])([2H])c1cccc2c(C(=O)O)cc(O)cc12. The normalized spacial score (nSPS) is 14.3. The van der Waals surface area contributed by atoms with Gasteiger partial charge in [0.25, 0.3) is 0 Å². The molecular weight excluding hydrogens is 192 g/mol. The molecule has 0 fully saturated rings. The fourth-order valence-corrected chi connectivity index (χ4v) is 1.55. The number of carbonyl (C=O) groups is 1. The lowest BCUT2D eigenvalue weighted by atomic mass is 10.0. The van der Waals surface area contributed by atoms with E-state index in [1.165, 1.54) is 24.3 Å². The maximum atomic E-state index is 11.1. The van der Waals surface area contributed by atoms with Crippen LogP contribution in [0.2, 0.25) is 0 Å². The van der Waals surface area contributed by atoms with Gasteiger partial charge in [0.05, 0.1) is 5.56 Å². The lowest BCUT2D eigenvalue weighted by molar-refractivity contribution is 0.0698. The Morgan fingerprint density at radius 2 is 2.13 bits per heavy atom. The van der Waals surface area contributed by atoms with Crippen LogP contribution in [-0.2, 0) is 0 Å². The van der Waals surface area contributed by atoms with Crippen LogP contribution in [0.1, 0.15) is 20.0 Å². The van der Waals surface area contributed by atoms with Crippen molar-refractivity contribution in [3.63, 3.8) is 0 Å². The summed E-state index contributed by atoms with van der Waals surface area (Å²) in [6, 6.07) is 6.79. The van der Waals surface area contributed by atoms with Crippen LogP contribution in [0.25, 0.3) is 10.8 Å². The highest BCUT2D eigenvalue weighted by atomic mass is 16.4. The zero-order valence-electron chi connectivity index (χ0n) is 10.7. The highest BCUT2D eigenvalue weighted by Crippen LogP contribution is 2.27. The van der Waals surface area contributed by atoms with Crippen molar-refractivity contribution >= 4 is 16.7 Å². The fourth-order valence-electron chi connectivity index (χ4n) is 1.55. The highest BCUT2D eigenvalue weighted by Gasteiger charge is 2.10. The summed E-state index contributed by atoms with van der Waals surface area (Å²) in [5.74, 6) is -1.48. The van der Waals surface area contributed by atoms with E-state index in [1.54, 1.807) is 0 Å². The van der Waals surface area contributed by atoms with Crippen LogP contribution < -0.4 is 0 Å². The number of carboxylic acid groups (broad SMARTS) is 1. The van der Waals surface area contributed by atoms with Crippen LogP contribution >= 0.6 is 0 Å². The van der Waals surface area contributed by atoms with Crippen molar-refractivity contribution in [2.75, 3.05) is 0 Å². The first-order valence-electron chi connectivity index (χ1n) is 5.80. The number of benzene rings is 2. The summed E-state index contributed by atoms with van der Waals surface area (Å²) in [5, 5.41) is 19.1. The molecule has 0 unspecified atom stereocenters. The third-order valence-electron chi connectivity index (χ3n) is 2.21. The number of aryl methyl sites for hydroxylation is 1. The topological polar surface area (TPSA) is 57.5 Å². The van der Waals surface area contributed by atoms with Crippen LogP contribution in [0, 0.1) is 6.85 Å². The Labute approximate surface area is 90.8 Å². The van der Waals surface area contributed by atoms with E-state index >= 15 is 0 Å². The zero-order chi connectivity index (χ0) is 13.5. The molecule has 0 spiro atoms. The highest BCUT2D eigenvalue weighted by molar-refractivity contribution is 6.05. The number of phenols is 1. The van der Waals surface area contributed by atoms with E-state index in [9.17, 15) is 9.90 Å².